The van der Waals surface area contributed by atoms with Crippen LogP contribution in [-0.4, -0.2) is 7.11 Å². The van der Waals surface area contributed by atoms with Gasteiger partial charge in [0.2, 0.25) is 0 Å². The van der Waals surface area contributed by atoms with E-state index in [9.17, 15) is 8.78 Å². The molecular weight excluding hydrogens is 272 g/mol. The van der Waals surface area contributed by atoms with Crippen molar-refractivity contribution in [1.29, 1.82) is 0 Å². The molecule has 1 N–H and O–H groups in total. The van der Waals surface area contributed by atoms with Gasteiger partial charge in [-0.05, 0) is 29.8 Å². The lowest BCUT2D eigenvalue weighted by atomic mass is 10.2. The molecule has 0 aliphatic heterocycles. The smallest absolute Gasteiger partial charge is 0.144 e. The van der Waals surface area contributed by atoms with E-state index in [4.69, 9.17) is 16.3 Å². The molecule has 0 aliphatic carbocycles. The van der Waals surface area contributed by atoms with E-state index < -0.39 is 5.82 Å². The quantitative estimate of drug-likeness (QED) is 0.906. The van der Waals surface area contributed by atoms with Crippen molar-refractivity contribution in [2.24, 2.45) is 0 Å². The molecule has 0 fully saturated rings. The minimum Gasteiger partial charge on any atom is -0.494 e. The van der Waals surface area contributed by atoms with Crippen LogP contribution in [-0.2, 0) is 6.54 Å². The highest BCUT2D eigenvalue weighted by atomic mass is 35.5. The second kappa shape index (κ2) is 5.89. The molecule has 2 rings (SSSR count). The number of nitrogens with one attached hydrogen (secondary N) is 1. The number of halogens is 3. The van der Waals surface area contributed by atoms with Crippen LogP contribution in [0.4, 0.5) is 14.5 Å². The highest BCUT2D eigenvalue weighted by Crippen LogP contribution is 2.26. The highest BCUT2D eigenvalue weighted by Gasteiger charge is 2.05. The lowest BCUT2D eigenvalue weighted by molar-refractivity contribution is 0.413. The Morgan fingerprint density at radius 3 is 2.63 bits per heavy atom. The summed E-state index contributed by atoms with van der Waals surface area (Å²) in [5, 5.41) is 3.16. The molecule has 19 heavy (non-hydrogen) atoms. The summed E-state index contributed by atoms with van der Waals surface area (Å²) in [5.41, 5.74) is 1.47. The second-order valence-corrected chi connectivity index (χ2v) is 4.35. The summed E-state index contributed by atoms with van der Waals surface area (Å²) in [6.45, 7) is 0.433. The minimum absolute atomic E-state index is 0.0744. The van der Waals surface area contributed by atoms with Gasteiger partial charge in [-0.25, -0.2) is 8.78 Å². The summed E-state index contributed by atoms with van der Waals surface area (Å²) >= 11 is 5.70. The Kier molecular flexibility index (Phi) is 4.22. The van der Waals surface area contributed by atoms with E-state index in [1.54, 1.807) is 18.2 Å². The number of rotatable bonds is 4. The van der Waals surface area contributed by atoms with Gasteiger partial charge >= 0.3 is 0 Å². The first kappa shape index (κ1) is 13.6. The number of ether oxygens (including phenoxy) is 1. The molecule has 0 spiro atoms. The van der Waals surface area contributed by atoms with Crippen LogP contribution < -0.4 is 10.1 Å². The molecule has 2 aromatic carbocycles. The van der Waals surface area contributed by atoms with Gasteiger partial charge in [0, 0.05) is 12.6 Å². The van der Waals surface area contributed by atoms with Crippen molar-refractivity contribution >= 4 is 17.3 Å². The van der Waals surface area contributed by atoms with Gasteiger partial charge < -0.3 is 10.1 Å². The van der Waals surface area contributed by atoms with Crippen molar-refractivity contribution in [2.75, 3.05) is 12.4 Å². The summed E-state index contributed by atoms with van der Waals surface area (Å²) in [6, 6.07) is 8.69. The van der Waals surface area contributed by atoms with E-state index in [-0.39, 0.29) is 10.8 Å². The molecule has 0 radical (unpaired) electrons. The molecule has 0 bridgehead atoms. The zero-order valence-electron chi connectivity index (χ0n) is 10.2. The summed E-state index contributed by atoms with van der Waals surface area (Å²) in [7, 11) is 1.47. The van der Waals surface area contributed by atoms with Crippen molar-refractivity contribution in [3.05, 3.63) is 58.6 Å². The molecule has 0 unspecified atom stereocenters. The van der Waals surface area contributed by atoms with Crippen LogP contribution in [0.15, 0.2) is 36.4 Å². The Morgan fingerprint density at radius 2 is 1.95 bits per heavy atom. The first-order valence-electron chi connectivity index (χ1n) is 5.61. The molecule has 0 heterocycles. The molecule has 100 valence electrons. The Morgan fingerprint density at radius 1 is 1.16 bits per heavy atom. The molecule has 2 aromatic rings. The van der Waals surface area contributed by atoms with Crippen molar-refractivity contribution < 1.29 is 13.5 Å². The van der Waals surface area contributed by atoms with Gasteiger partial charge in [0.25, 0.3) is 0 Å². The van der Waals surface area contributed by atoms with Gasteiger partial charge in [0.05, 0.1) is 17.8 Å². The molecule has 0 saturated heterocycles. The molecule has 0 saturated carbocycles. The monoisotopic (exact) mass is 283 g/mol. The summed E-state index contributed by atoms with van der Waals surface area (Å²) in [6.07, 6.45) is 0. The fourth-order valence-corrected chi connectivity index (χ4v) is 1.86. The second-order valence-electron chi connectivity index (χ2n) is 3.95. The van der Waals surface area contributed by atoms with Gasteiger partial charge in [-0.1, -0.05) is 17.7 Å². The lowest BCUT2D eigenvalue weighted by Crippen LogP contribution is -2.02. The van der Waals surface area contributed by atoms with E-state index >= 15 is 0 Å². The third-order valence-corrected chi connectivity index (χ3v) is 2.92. The average Bonchev–Trinajstić information content (AvgIpc) is 2.41. The predicted molar refractivity (Wildman–Crippen MR) is 71.7 cm³/mol. The van der Waals surface area contributed by atoms with Crippen molar-refractivity contribution in [3.63, 3.8) is 0 Å². The zero-order valence-corrected chi connectivity index (χ0v) is 11.0. The van der Waals surface area contributed by atoms with E-state index in [1.807, 2.05) is 0 Å². The number of hydrogen-bond donors (Lipinski definition) is 1. The molecule has 0 aromatic heterocycles. The van der Waals surface area contributed by atoms with Crippen molar-refractivity contribution in [3.8, 4) is 5.75 Å². The van der Waals surface area contributed by atoms with Gasteiger partial charge in [0.15, 0.2) is 0 Å². The number of benzene rings is 2. The van der Waals surface area contributed by atoms with E-state index in [0.717, 1.165) is 5.56 Å². The van der Waals surface area contributed by atoms with Crippen LogP contribution in [0, 0.1) is 11.6 Å². The fourth-order valence-electron chi connectivity index (χ4n) is 1.66. The highest BCUT2D eigenvalue weighted by molar-refractivity contribution is 6.30. The molecule has 5 heteroatoms. The third-order valence-electron chi connectivity index (χ3n) is 2.63. The van der Waals surface area contributed by atoms with Gasteiger partial charge in [-0.2, -0.15) is 0 Å². The lowest BCUT2D eigenvalue weighted by Gasteiger charge is -2.11. The first-order valence-corrected chi connectivity index (χ1v) is 5.99. The summed E-state index contributed by atoms with van der Waals surface area (Å²) < 4.78 is 31.1. The van der Waals surface area contributed by atoms with E-state index in [2.05, 4.69) is 5.32 Å². The SMILES string of the molecule is COc1cc(F)ccc1NCc1ccc(F)c(Cl)c1. The van der Waals surface area contributed by atoms with Crippen molar-refractivity contribution in [1.82, 2.24) is 0 Å². The van der Waals surface area contributed by atoms with E-state index in [1.165, 1.54) is 25.3 Å². The fraction of sp³-hybridized carbons (Fsp3) is 0.143. The van der Waals surface area contributed by atoms with Gasteiger partial charge in [0.1, 0.15) is 17.4 Å². The summed E-state index contributed by atoms with van der Waals surface area (Å²) in [5.74, 6) is -0.412. The Bertz CT molecular complexity index is 590. The topological polar surface area (TPSA) is 21.3 Å². The Hall–Kier alpha value is -1.81. The molecule has 2 nitrogen and oxygen atoms in total. The Balaban J connectivity index is 2.12. The molecule has 0 aliphatic rings. The maximum absolute atomic E-state index is 13.0. The third kappa shape index (κ3) is 3.35. The maximum Gasteiger partial charge on any atom is 0.144 e. The van der Waals surface area contributed by atoms with Gasteiger partial charge in [-0.3, -0.25) is 0 Å². The number of anilines is 1. The minimum atomic E-state index is -0.454. The predicted octanol–water partition coefficient (Wildman–Crippen LogP) is 4.24. The molecule has 0 amide bonds. The standard InChI is InChI=1S/C14H12ClF2NO/c1-19-14-7-10(16)3-5-13(14)18-8-9-2-4-12(17)11(15)6-9/h2-7,18H,8H2,1H3. The van der Waals surface area contributed by atoms with Crippen molar-refractivity contribution in [2.45, 2.75) is 6.54 Å². The van der Waals surface area contributed by atoms with E-state index in [0.29, 0.717) is 18.0 Å². The normalized spacial score (nSPS) is 10.3. The molecule has 0 atom stereocenters. The van der Waals surface area contributed by atoms with Crippen LogP contribution in [0.5, 0.6) is 5.75 Å². The number of hydrogen-bond acceptors (Lipinski definition) is 2. The van der Waals surface area contributed by atoms with Crippen LogP contribution in [0.2, 0.25) is 5.02 Å². The largest absolute Gasteiger partial charge is 0.494 e. The zero-order chi connectivity index (χ0) is 13.8. The Labute approximate surface area is 115 Å². The average molecular weight is 284 g/mol. The summed E-state index contributed by atoms with van der Waals surface area (Å²) in [4.78, 5) is 0. The van der Waals surface area contributed by atoms with Crippen LogP contribution >= 0.6 is 11.6 Å². The van der Waals surface area contributed by atoms with Crippen LogP contribution in [0.1, 0.15) is 5.56 Å². The maximum atomic E-state index is 13.0. The van der Waals surface area contributed by atoms with Crippen LogP contribution in [0.25, 0.3) is 0 Å². The molecular formula is C14H12ClF2NO. The number of methoxy groups -OCH3 is 1. The first-order chi connectivity index (χ1) is 9.10. The van der Waals surface area contributed by atoms with Gasteiger partial charge in [-0.15, -0.1) is 0 Å². The van der Waals surface area contributed by atoms with Crippen LogP contribution in [0.3, 0.4) is 0 Å².